The van der Waals surface area contributed by atoms with Crippen LogP contribution < -0.4 is 20.2 Å². The number of hydrogen-bond acceptors (Lipinski definition) is 5. The van der Waals surface area contributed by atoms with Gasteiger partial charge in [-0.2, -0.15) is 5.10 Å². The summed E-state index contributed by atoms with van der Waals surface area (Å²) < 4.78 is 12.7. The van der Waals surface area contributed by atoms with Crippen molar-refractivity contribution in [3.05, 3.63) is 91.3 Å². The van der Waals surface area contributed by atoms with Gasteiger partial charge in [0.1, 0.15) is 12.6 Å². The van der Waals surface area contributed by atoms with Crippen LogP contribution in [0, 0.1) is 0 Å². The summed E-state index contributed by atoms with van der Waals surface area (Å²) >= 11 is 12.7. The lowest BCUT2D eigenvalue weighted by molar-refractivity contribution is -0.122. The van der Waals surface area contributed by atoms with E-state index in [1.165, 1.54) is 13.3 Å². The van der Waals surface area contributed by atoms with Crippen LogP contribution in [0.3, 0.4) is 0 Å². The zero-order chi connectivity index (χ0) is 25.4. The second-order valence-corrected chi connectivity index (χ2v) is 9.50. The Labute approximate surface area is 225 Å². The zero-order valence-electron chi connectivity index (χ0n) is 18.8. The topological polar surface area (TPSA) is 89.0 Å². The molecule has 0 bridgehead atoms. The Morgan fingerprint density at radius 3 is 2.49 bits per heavy atom. The monoisotopic (exact) mass is 621 g/mol. The maximum atomic E-state index is 12.4. The van der Waals surface area contributed by atoms with E-state index in [0.717, 1.165) is 5.56 Å². The summed E-state index contributed by atoms with van der Waals surface area (Å²) in [6.07, 6.45) is 1.47. The first-order valence-corrected chi connectivity index (χ1v) is 12.4. The van der Waals surface area contributed by atoms with E-state index in [0.29, 0.717) is 43.2 Å². The van der Waals surface area contributed by atoms with Crippen molar-refractivity contribution in [3.8, 4) is 11.5 Å². The molecule has 0 aliphatic rings. The Morgan fingerprint density at radius 1 is 1.09 bits per heavy atom. The van der Waals surface area contributed by atoms with Crippen molar-refractivity contribution in [2.24, 2.45) is 5.10 Å². The standard InChI is InChI=1S/C25H22Br2ClN3O4/c1-15(30-25(33)19-5-3-4-6-20(19)26)24(32)31-29-13-17-11-21(27)23(22(12-17)34-2)35-14-16-7-9-18(28)10-8-16/h3-13,15H,14H2,1-2H3,(H,30,33)(H,31,32). The lowest BCUT2D eigenvalue weighted by atomic mass is 10.2. The van der Waals surface area contributed by atoms with Gasteiger partial charge in [-0.3, -0.25) is 9.59 Å². The number of benzene rings is 3. The molecule has 2 N–H and O–H groups in total. The van der Waals surface area contributed by atoms with Crippen LogP contribution in [-0.4, -0.2) is 31.2 Å². The third-order valence-corrected chi connectivity index (χ3v) is 6.33. The molecule has 7 nitrogen and oxygen atoms in total. The molecule has 10 heteroatoms. The summed E-state index contributed by atoms with van der Waals surface area (Å²) in [5.41, 5.74) is 4.49. The molecule has 0 aliphatic carbocycles. The van der Waals surface area contributed by atoms with Crippen molar-refractivity contribution < 1.29 is 19.1 Å². The van der Waals surface area contributed by atoms with Crippen LogP contribution in [0.4, 0.5) is 0 Å². The van der Waals surface area contributed by atoms with E-state index in [-0.39, 0.29) is 5.91 Å². The number of nitrogens with one attached hydrogen (secondary N) is 2. The number of nitrogens with zero attached hydrogens (tertiary/aromatic N) is 1. The molecule has 182 valence electrons. The van der Waals surface area contributed by atoms with Crippen LogP contribution in [0.2, 0.25) is 5.02 Å². The first-order chi connectivity index (χ1) is 16.8. The largest absolute Gasteiger partial charge is 0.493 e. The molecular formula is C25H22Br2ClN3O4. The minimum atomic E-state index is -0.795. The van der Waals surface area contributed by atoms with Gasteiger partial charge in [-0.05, 0) is 86.3 Å². The van der Waals surface area contributed by atoms with E-state index in [2.05, 4.69) is 47.7 Å². The van der Waals surface area contributed by atoms with Crippen molar-refractivity contribution >= 4 is 61.5 Å². The molecule has 3 rings (SSSR count). The van der Waals surface area contributed by atoms with Crippen molar-refractivity contribution in [3.63, 3.8) is 0 Å². The van der Waals surface area contributed by atoms with Crippen molar-refractivity contribution in [2.75, 3.05) is 7.11 Å². The quantitative estimate of drug-likeness (QED) is 0.236. The summed E-state index contributed by atoms with van der Waals surface area (Å²) in [5, 5.41) is 7.29. The SMILES string of the molecule is COc1cc(C=NNC(=O)C(C)NC(=O)c2ccccc2Br)cc(Br)c1OCc1ccc(Cl)cc1. The van der Waals surface area contributed by atoms with Gasteiger partial charge in [0, 0.05) is 9.50 Å². The lowest BCUT2D eigenvalue weighted by Gasteiger charge is -2.14. The molecule has 0 heterocycles. The van der Waals surface area contributed by atoms with Gasteiger partial charge >= 0.3 is 0 Å². The van der Waals surface area contributed by atoms with Crippen molar-refractivity contribution in [1.82, 2.24) is 10.7 Å². The molecule has 35 heavy (non-hydrogen) atoms. The Hall–Kier alpha value is -2.88. The molecule has 0 spiro atoms. The van der Waals surface area contributed by atoms with Gasteiger partial charge in [-0.1, -0.05) is 35.9 Å². The summed E-state index contributed by atoms with van der Waals surface area (Å²) in [5.74, 6) is 0.199. The molecule has 0 aromatic heterocycles. The highest BCUT2D eigenvalue weighted by Crippen LogP contribution is 2.37. The third-order valence-electron chi connectivity index (χ3n) is 4.80. The normalized spacial score (nSPS) is 11.7. The van der Waals surface area contributed by atoms with Crippen LogP contribution in [0.15, 0.2) is 74.7 Å². The molecule has 3 aromatic rings. The molecule has 0 fully saturated rings. The summed E-state index contributed by atoms with van der Waals surface area (Å²) in [4.78, 5) is 24.7. The number of carbonyl (C=O) groups is 2. The Morgan fingerprint density at radius 2 is 1.80 bits per heavy atom. The molecule has 0 radical (unpaired) electrons. The number of hydrazone groups is 1. The van der Waals surface area contributed by atoms with E-state index in [1.54, 1.807) is 55.5 Å². The number of hydrogen-bond donors (Lipinski definition) is 2. The van der Waals surface area contributed by atoms with Gasteiger partial charge < -0.3 is 14.8 Å². The summed E-state index contributed by atoms with van der Waals surface area (Å²) in [6, 6.07) is 17.1. The Kier molecular flexibility index (Phi) is 9.71. The second kappa shape index (κ2) is 12.7. The van der Waals surface area contributed by atoms with Gasteiger partial charge in [-0.15, -0.1) is 0 Å². The van der Waals surface area contributed by atoms with Crippen LogP contribution in [0.5, 0.6) is 11.5 Å². The lowest BCUT2D eigenvalue weighted by Crippen LogP contribution is -2.43. The molecule has 3 aromatic carbocycles. The number of carbonyl (C=O) groups excluding carboxylic acids is 2. The van der Waals surface area contributed by atoms with Crippen molar-refractivity contribution in [2.45, 2.75) is 19.6 Å². The third kappa shape index (κ3) is 7.55. The van der Waals surface area contributed by atoms with E-state index in [1.807, 2.05) is 12.1 Å². The fraction of sp³-hybridized carbons (Fsp3) is 0.160. The average molecular weight is 624 g/mol. The predicted octanol–water partition coefficient (Wildman–Crippen LogP) is 5.72. The molecule has 0 saturated carbocycles. The maximum absolute atomic E-state index is 12.4. The van der Waals surface area contributed by atoms with E-state index in [4.69, 9.17) is 21.1 Å². The van der Waals surface area contributed by atoms with Gasteiger partial charge in [-0.25, -0.2) is 5.43 Å². The van der Waals surface area contributed by atoms with Gasteiger partial charge in [0.05, 0.1) is 23.4 Å². The Bertz CT molecular complexity index is 1240. The van der Waals surface area contributed by atoms with Crippen LogP contribution in [0.25, 0.3) is 0 Å². The number of ether oxygens (including phenoxy) is 2. The highest BCUT2D eigenvalue weighted by atomic mass is 79.9. The minimum absolute atomic E-state index is 0.332. The Balaban J connectivity index is 1.60. The van der Waals surface area contributed by atoms with Crippen LogP contribution in [0.1, 0.15) is 28.4 Å². The van der Waals surface area contributed by atoms with Gasteiger partial charge in [0.2, 0.25) is 0 Å². The maximum Gasteiger partial charge on any atom is 0.262 e. The molecule has 1 atom stereocenters. The first kappa shape index (κ1) is 26.7. The van der Waals surface area contributed by atoms with Gasteiger partial charge in [0.15, 0.2) is 11.5 Å². The number of methoxy groups -OCH3 is 1. The molecule has 2 amide bonds. The van der Waals surface area contributed by atoms with Crippen LogP contribution >= 0.6 is 43.5 Å². The van der Waals surface area contributed by atoms with Crippen molar-refractivity contribution in [1.29, 1.82) is 0 Å². The van der Waals surface area contributed by atoms with Gasteiger partial charge in [0.25, 0.3) is 11.8 Å². The molecule has 1 unspecified atom stereocenters. The summed E-state index contributed by atoms with van der Waals surface area (Å²) in [7, 11) is 1.54. The number of amides is 2. The van der Waals surface area contributed by atoms with E-state index < -0.39 is 11.9 Å². The predicted molar refractivity (Wildman–Crippen MR) is 143 cm³/mol. The highest BCUT2D eigenvalue weighted by Gasteiger charge is 2.18. The fourth-order valence-electron chi connectivity index (χ4n) is 2.94. The van der Waals surface area contributed by atoms with E-state index in [9.17, 15) is 9.59 Å². The fourth-order valence-corrected chi connectivity index (χ4v) is 4.11. The van der Waals surface area contributed by atoms with Crippen LogP contribution in [-0.2, 0) is 11.4 Å². The molecular weight excluding hydrogens is 602 g/mol. The number of rotatable bonds is 9. The molecule has 0 aliphatic heterocycles. The highest BCUT2D eigenvalue weighted by molar-refractivity contribution is 9.10. The first-order valence-electron chi connectivity index (χ1n) is 10.4. The zero-order valence-corrected chi connectivity index (χ0v) is 22.8. The summed E-state index contributed by atoms with van der Waals surface area (Å²) in [6.45, 7) is 1.91. The minimum Gasteiger partial charge on any atom is -0.493 e. The number of halogens is 3. The molecule has 0 saturated heterocycles. The second-order valence-electron chi connectivity index (χ2n) is 7.36. The van der Waals surface area contributed by atoms with E-state index >= 15 is 0 Å². The smallest absolute Gasteiger partial charge is 0.262 e. The average Bonchev–Trinajstić information content (AvgIpc) is 2.84.